The van der Waals surface area contributed by atoms with E-state index in [0.29, 0.717) is 15.0 Å². The van der Waals surface area contributed by atoms with Gasteiger partial charge in [0.2, 0.25) is 0 Å². The van der Waals surface area contributed by atoms with Gasteiger partial charge in [0.15, 0.2) is 0 Å². The van der Waals surface area contributed by atoms with Crippen molar-refractivity contribution in [3.05, 3.63) is 41.5 Å². The van der Waals surface area contributed by atoms with Gasteiger partial charge in [0.05, 0.1) is 0 Å². The van der Waals surface area contributed by atoms with Gasteiger partial charge in [-0.05, 0) is 0 Å². The van der Waals surface area contributed by atoms with Crippen molar-refractivity contribution in [1.29, 1.82) is 0 Å². The summed E-state index contributed by atoms with van der Waals surface area (Å²) >= 11 is 4.08. The summed E-state index contributed by atoms with van der Waals surface area (Å²) in [6.45, 7) is 4.44. The van der Waals surface area contributed by atoms with E-state index in [4.69, 9.17) is 0 Å². The Hall–Kier alpha value is -0.0405. The molecule has 0 aliphatic heterocycles. The Morgan fingerprint density at radius 3 is 2.36 bits per heavy atom. The van der Waals surface area contributed by atoms with Crippen LogP contribution in [0.25, 0.3) is 0 Å². The minimum atomic E-state index is 0.592. The van der Waals surface area contributed by atoms with Crippen molar-refractivity contribution in [2.45, 2.75) is 19.2 Å². The molecule has 0 aliphatic carbocycles. The van der Waals surface area contributed by atoms with Gasteiger partial charge in [-0.2, -0.15) is 0 Å². The zero-order valence-electron chi connectivity index (χ0n) is 8.59. The molecule has 76 valence electrons. The van der Waals surface area contributed by atoms with Crippen LogP contribution in [-0.4, -0.2) is 20.3 Å². The van der Waals surface area contributed by atoms with E-state index < -0.39 is 0 Å². The van der Waals surface area contributed by atoms with Gasteiger partial charge < -0.3 is 0 Å². The third-order valence-electron chi connectivity index (χ3n) is 2.13. The van der Waals surface area contributed by atoms with Crippen LogP contribution in [0.2, 0.25) is 5.32 Å². The summed E-state index contributed by atoms with van der Waals surface area (Å²) in [6, 6.07) is 10.8. The molecular formula is C12H15BrSe. The zero-order valence-corrected chi connectivity index (χ0v) is 11.9. The van der Waals surface area contributed by atoms with E-state index in [0.717, 1.165) is 5.33 Å². The molecule has 1 aromatic carbocycles. The minimum absolute atomic E-state index is 0.592. The second kappa shape index (κ2) is 6.44. The van der Waals surface area contributed by atoms with Crippen molar-refractivity contribution in [3.8, 4) is 0 Å². The number of allylic oxidation sites excluding steroid dienone is 2. The molecule has 0 N–H and O–H groups in total. The third kappa shape index (κ3) is 4.00. The Morgan fingerprint density at radius 2 is 1.79 bits per heavy atom. The zero-order chi connectivity index (χ0) is 10.4. The van der Waals surface area contributed by atoms with Gasteiger partial charge in [-0.25, -0.2) is 0 Å². The van der Waals surface area contributed by atoms with Crippen LogP contribution in [0.15, 0.2) is 41.5 Å². The Kier molecular flexibility index (Phi) is 5.54. The summed E-state index contributed by atoms with van der Waals surface area (Å²) in [4.78, 5) is 0. The van der Waals surface area contributed by atoms with E-state index in [2.05, 4.69) is 60.1 Å². The molecule has 2 heteroatoms. The molecule has 0 fully saturated rings. The first kappa shape index (κ1) is 12.0. The normalized spacial score (nSPS) is 12.5. The summed E-state index contributed by atoms with van der Waals surface area (Å²) in [7, 11) is 0. The molecule has 0 heterocycles. The van der Waals surface area contributed by atoms with Crippen molar-refractivity contribution in [3.63, 3.8) is 0 Å². The Balaban J connectivity index is 2.50. The second-order valence-corrected chi connectivity index (χ2v) is 6.06. The first-order chi connectivity index (χ1) is 6.74. The first-order valence-corrected chi connectivity index (χ1v) is 7.82. The molecule has 0 radical (unpaired) electrons. The van der Waals surface area contributed by atoms with Gasteiger partial charge in [-0.15, -0.1) is 0 Å². The number of alkyl halides is 1. The van der Waals surface area contributed by atoms with Gasteiger partial charge in [0.25, 0.3) is 0 Å². The molecule has 0 bridgehead atoms. The fourth-order valence-corrected chi connectivity index (χ4v) is 3.48. The second-order valence-electron chi connectivity index (χ2n) is 3.30. The van der Waals surface area contributed by atoms with Gasteiger partial charge >= 0.3 is 101 Å². The molecule has 0 aliphatic rings. The van der Waals surface area contributed by atoms with Crippen LogP contribution >= 0.6 is 15.9 Å². The van der Waals surface area contributed by atoms with Crippen LogP contribution in [0, 0.1) is 0 Å². The number of rotatable bonds is 4. The van der Waals surface area contributed by atoms with Crippen LogP contribution in [0.3, 0.4) is 0 Å². The summed E-state index contributed by atoms with van der Waals surface area (Å²) < 4.78 is 1.49. The summed E-state index contributed by atoms with van der Waals surface area (Å²) in [5.41, 5.74) is 3.01. The molecule has 0 nitrogen and oxygen atoms in total. The van der Waals surface area contributed by atoms with Gasteiger partial charge in [0, 0.05) is 0 Å². The van der Waals surface area contributed by atoms with Crippen LogP contribution < -0.4 is 4.46 Å². The maximum atomic E-state index is 3.49. The standard InChI is InChI=1S/C12H15BrSe/c1-10(8-13)11(2)9-14-12-6-4-3-5-7-12/h3-7H,8-9H2,1-2H3/b11-10+. The molecule has 1 aromatic rings. The predicted octanol–water partition coefficient (Wildman–Crippen LogP) is 3.17. The predicted molar refractivity (Wildman–Crippen MR) is 68.8 cm³/mol. The number of hydrogen-bond acceptors (Lipinski definition) is 0. The van der Waals surface area contributed by atoms with E-state index in [1.807, 2.05) is 0 Å². The third-order valence-corrected chi connectivity index (χ3v) is 5.45. The van der Waals surface area contributed by atoms with E-state index in [1.54, 1.807) is 0 Å². The SMILES string of the molecule is C/C(CBr)=C(/C)C[Se]c1ccccc1. The Bertz CT molecular complexity index is 303. The molecule has 0 saturated heterocycles. The average Bonchev–Trinajstić information content (AvgIpc) is 2.26. The van der Waals surface area contributed by atoms with Crippen LogP contribution in [0.1, 0.15) is 13.8 Å². The van der Waals surface area contributed by atoms with Crippen LogP contribution in [0.5, 0.6) is 0 Å². The molecule has 14 heavy (non-hydrogen) atoms. The molecule has 0 amide bonds. The summed E-state index contributed by atoms with van der Waals surface area (Å²) in [5.74, 6) is 0. The molecule has 0 spiro atoms. The number of halogens is 1. The number of hydrogen-bond donors (Lipinski definition) is 0. The first-order valence-electron chi connectivity index (χ1n) is 4.63. The molecule has 0 atom stereocenters. The van der Waals surface area contributed by atoms with E-state index >= 15 is 0 Å². The van der Waals surface area contributed by atoms with Gasteiger partial charge in [-0.3, -0.25) is 0 Å². The van der Waals surface area contributed by atoms with Crippen molar-refractivity contribution < 1.29 is 0 Å². The van der Waals surface area contributed by atoms with Gasteiger partial charge in [0.1, 0.15) is 0 Å². The van der Waals surface area contributed by atoms with E-state index in [1.165, 1.54) is 20.9 Å². The molecule has 0 saturated carbocycles. The van der Waals surface area contributed by atoms with Crippen molar-refractivity contribution in [2.75, 3.05) is 5.33 Å². The molecule has 1 rings (SSSR count). The van der Waals surface area contributed by atoms with Crippen LogP contribution in [-0.2, 0) is 0 Å². The molecule has 0 unspecified atom stereocenters. The van der Waals surface area contributed by atoms with E-state index in [-0.39, 0.29) is 0 Å². The quantitative estimate of drug-likeness (QED) is 0.454. The average molecular weight is 318 g/mol. The summed E-state index contributed by atoms with van der Waals surface area (Å²) in [5, 5.41) is 2.23. The van der Waals surface area contributed by atoms with Crippen molar-refractivity contribution in [1.82, 2.24) is 0 Å². The fourth-order valence-electron chi connectivity index (χ4n) is 0.946. The summed E-state index contributed by atoms with van der Waals surface area (Å²) in [6.07, 6.45) is 0. The van der Waals surface area contributed by atoms with Crippen molar-refractivity contribution >= 4 is 35.3 Å². The topological polar surface area (TPSA) is 0 Å². The van der Waals surface area contributed by atoms with Gasteiger partial charge in [-0.1, -0.05) is 0 Å². The molecular weight excluding hydrogens is 303 g/mol. The fraction of sp³-hybridized carbons (Fsp3) is 0.333. The van der Waals surface area contributed by atoms with E-state index in [9.17, 15) is 0 Å². The monoisotopic (exact) mass is 318 g/mol. The van der Waals surface area contributed by atoms with Crippen molar-refractivity contribution in [2.24, 2.45) is 0 Å². The maximum absolute atomic E-state index is 3.49. The Labute approximate surface area is 101 Å². The number of benzene rings is 1. The Morgan fingerprint density at radius 1 is 1.14 bits per heavy atom. The molecule has 0 aromatic heterocycles. The van der Waals surface area contributed by atoms with Crippen LogP contribution in [0.4, 0.5) is 0 Å².